The van der Waals surface area contributed by atoms with Crippen LogP contribution in [-0.4, -0.2) is 47.7 Å². The van der Waals surface area contributed by atoms with Crippen LogP contribution >= 0.6 is 0 Å². The molecule has 28 heavy (non-hydrogen) atoms. The number of carbonyl (C=O) groups excluding carboxylic acids is 1. The topological polar surface area (TPSA) is 61.0 Å². The third-order valence-electron chi connectivity index (χ3n) is 5.40. The van der Waals surface area contributed by atoms with Gasteiger partial charge in [-0.3, -0.25) is 9.89 Å². The molecule has 0 saturated carbocycles. The van der Waals surface area contributed by atoms with E-state index in [1.807, 2.05) is 24.4 Å². The van der Waals surface area contributed by atoms with Crippen LogP contribution in [0.15, 0.2) is 54.7 Å². The van der Waals surface area contributed by atoms with Gasteiger partial charge in [0.15, 0.2) is 0 Å². The summed E-state index contributed by atoms with van der Waals surface area (Å²) in [5.41, 5.74) is 3.28. The zero-order valence-electron chi connectivity index (χ0n) is 17.2. The molecule has 3 rings (SSSR count). The van der Waals surface area contributed by atoms with Gasteiger partial charge in [0.2, 0.25) is 5.91 Å². The number of hydrogen-bond donors (Lipinski definition) is 2. The van der Waals surface area contributed by atoms with Gasteiger partial charge in [0.05, 0.1) is 11.7 Å². The third kappa shape index (κ3) is 4.98. The number of hydrogen-bond acceptors (Lipinski definition) is 3. The maximum absolute atomic E-state index is 12.6. The van der Waals surface area contributed by atoms with Crippen LogP contribution in [0.5, 0.6) is 0 Å². The Kier molecular flexibility index (Phi) is 6.15. The van der Waals surface area contributed by atoms with E-state index in [-0.39, 0.29) is 17.4 Å². The zero-order chi connectivity index (χ0) is 20.1. The predicted octanol–water partition coefficient (Wildman–Crippen LogP) is 3.52. The summed E-state index contributed by atoms with van der Waals surface area (Å²) >= 11 is 0. The minimum Gasteiger partial charge on any atom is -0.354 e. The molecule has 0 aliphatic heterocycles. The minimum atomic E-state index is -0.189. The van der Waals surface area contributed by atoms with Gasteiger partial charge < -0.3 is 10.2 Å². The third-order valence-corrected chi connectivity index (χ3v) is 5.40. The summed E-state index contributed by atoms with van der Waals surface area (Å²) in [5, 5.41) is 11.3. The SMILES string of the molecule is CN(C)C(CNC(=O)CC(C)(C)c1ccccc1)Cc1ccc2[nH]ncc2c1. The van der Waals surface area contributed by atoms with Gasteiger partial charge in [-0.2, -0.15) is 5.10 Å². The smallest absolute Gasteiger partial charge is 0.220 e. The Morgan fingerprint density at radius 2 is 1.93 bits per heavy atom. The Morgan fingerprint density at radius 3 is 2.64 bits per heavy atom. The van der Waals surface area contributed by atoms with Crippen molar-refractivity contribution >= 4 is 16.8 Å². The number of aromatic nitrogens is 2. The van der Waals surface area contributed by atoms with Crippen molar-refractivity contribution in [2.75, 3.05) is 20.6 Å². The molecule has 1 unspecified atom stereocenters. The molecule has 0 aliphatic rings. The number of likely N-dealkylation sites (N-methyl/N-ethyl adjacent to an activating group) is 1. The van der Waals surface area contributed by atoms with Crippen LogP contribution in [0.4, 0.5) is 0 Å². The average molecular weight is 379 g/mol. The molecule has 0 spiro atoms. The summed E-state index contributed by atoms with van der Waals surface area (Å²) in [6.07, 6.45) is 3.19. The van der Waals surface area contributed by atoms with Crippen molar-refractivity contribution in [1.82, 2.24) is 20.4 Å². The van der Waals surface area contributed by atoms with Crippen molar-refractivity contribution in [3.63, 3.8) is 0 Å². The normalized spacial score (nSPS) is 13.0. The Morgan fingerprint density at radius 1 is 1.18 bits per heavy atom. The molecule has 148 valence electrons. The van der Waals surface area contributed by atoms with Crippen molar-refractivity contribution in [1.29, 1.82) is 0 Å². The molecule has 1 atom stereocenters. The Bertz CT molecular complexity index is 915. The molecule has 0 bridgehead atoms. The highest BCUT2D eigenvalue weighted by molar-refractivity contribution is 5.78. The highest BCUT2D eigenvalue weighted by Crippen LogP contribution is 2.26. The van der Waals surface area contributed by atoms with E-state index in [0.29, 0.717) is 13.0 Å². The van der Waals surface area contributed by atoms with Crippen molar-refractivity contribution in [3.8, 4) is 0 Å². The molecule has 1 heterocycles. The lowest BCUT2D eigenvalue weighted by Gasteiger charge is -2.27. The molecule has 0 aliphatic carbocycles. The number of amides is 1. The molecular weight excluding hydrogens is 348 g/mol. The number of H-pyrrole nitrogens is 1. The highest BCUT2D eigenvalue weighted by Gasteiger charge is 2.24. The van der Waals surface area contributed by atoms with Crippen LogP contribution in [-0.2, 0) is 16.6 Å². The van der Waals surface area contributed by atoms with Crippen LogP contribution < -0.4 is 5.32 Å². The monoisotopic (exact) mass is 378 g/mol. The molecule has 5 heteroatoms. The number of carbonyl (C=O) groups is 1. The summed E-state index contributed by atoms with van der Waals surface area (Å²) in [7, 11) is 4.11. The standard InChI is InChI=1S/C23H30N4O/c1-23(2,19-8-6-5-7-9-19)14-22(28)24-16-20(27(3)4)13-17-10-11-21-18(12-17)15-25-26-21/h5-12,15,20H,13-14,16H2,1-4H3,(H,24,28)(H,25,26). The first-order chi connectivity index (χ1) is 13.3. The quantitative estimate of drug-likeness (QED) is 0.630. The fraction of sp³-hybridized carbons (Fsp3) is 0.391. The minimum absolute atomic E-state index is 0.0889. The fourth-order valence-electron chi connectivity index (χ4n) is 3.52. The molecule has 5 nitrogen and oxygen atoms in total. The lowest BCUT2D eigenvalue weighted by molar-refractivity contribution is -0.122. The summed E-state index contributed by atoms with van der Waals surface area (Å²) in [4.78, 5) is 14.8. The summed E-state index contributed by atoms with van der Waals surface area (Å²) in [6.45, 7) is 4.86. The van der Waals surface area contributed by atoms with E-state index in [1.54, 1.807) is 0 Å². The number of nitrogens with zero attached hydrogens (tertiary/aromatic N) is 2. The first-order valence-corrected chi connectivity index (χ1v) is 9.76. The van der Waals surface area contributed by atoms with Gasteiger partial charge in [-0.05, 0) is 49.2 Å². The molecule has 1 aromatic heterocycles. The molecule has 2 N–H and O–H groups in total. The lowest BCUT2D eigenvalue weighted by atomic mass is 9.81. The van der Waals surface area contributed by atoms with Gasteiger partial charge in [-0.25, -0.2) is 0 Å². The fourth-order valence-corrected chi connectivity index (χ4v) is 3.52. The molecule has 0 radical (unpaired) electrons. The first kappa shape index (κ1) is 20.1. The summed E-state index contributed by atoms with van der Waals surface area (Å²) in [6, 6.07) is 16.8. The van der Waals surface area contributed by atoms with E-state index in [0.717, 1.165) is 17.3 Å². The van der Waals surface area contributed by atoms with Crippen molar-refractivity contribution in [2.45, 2.75) is 38.1 Å². The van der Waals surface area contributed by atoms with E-state index in [1.165, 1.54) is 11.1 Å². The lowest BCUT2D eigenvalue weighted by Crippen LogP contribution is -2.42. The Labute approximate surface area is 167 Å². The molecular formula is C23H30N4O. The van der Waals surface area contributed by atoms with E-state index in [2.05, 4.69) is 78.7 Å². The van der Waals surface area contributed by atoms with Crippen molar-refractivity contribution < 1.29 is 4.79 Å². The summed E-state index contributed by atoms with van der Waals surface area (Å²) < 4.78 is 0. The maximum Gasteiger partial charge on any atom is 0.220 e. The molecule has 0 fully saturated rings. The first-order valence-electron chi connectivity index (χ1n) is 9.76. The van der Waals surface area contributed by atoms with Gasteiger partial charge in [0.1, 0.15) is 0 Å². The molecule has 1 amide bonds. The number of benzene rings is 2. The second kappa shape index (κ2) is 8.57. The second-order valence-corrected chi connectivity index (χ2v) is 8.34. The number of nitrogens with one attached hydrogen (secondary N) is 2. The van der Waals surface area contributed by atoms with E-state index < -0.39 is 0 Å². The highest BCUT2D eigenvalue weighted by atomic mass is 16.1. The van der Waals surface area contributed by atoms with Gasteiger partial charge in [0.25, 0.3) is 0 Å². The zero-order valence-corrected chi connectivity index (χ0v) is 17.2. The Hall–Kier alpha value is -2.66. The maximum atomic E-state index is 12.6. The molecule has 3 aromatic rings. The van der Waals surface area contributed by atoms with Crippen LogP contribution in [0.2, 0.25) is 0 Å². The van der Waals surface area contributed by atoms with Crippen molar-refractivity contribution in [2.24, 2.45) is 0 Å². The predicted molar refractivity (Wildman–Crippen MR) is 114 cm³/mol. The van der Waals surface area contributed by atoms with Crippen LogP contribution in [0, 0.1) is 0 Å². The number of rotatable bonds is 8. The Balaban J connectivity index is 1.59. The summed E-state index contributed by atoms with van der Waals surface area (Å²) in [5.74, 6) is 0.0889. The van der Waals surface area contributed by atoms with Crippen LogP contribution in [0.3, 0.4) is 0 Å². The number of aromatic amines is 1. The van der Waals surface area contributed by atoms with Crippen LogP contribution in [0.1, 0.15) is 31.4 Å². The van der Waals surface area contributed by atoms with Gasteiger partial charge in [0, 0.05) is 24.4 Å². The second-order valence-electron chi connectivity index (χ2n) is 8.34. The average Bonchev–Trinajstić information content (AvgIpc) is 3.13. The molecule has 2 aromatic carbocycles. The largest absolute Gasteiger partial charge is 0.354 e. The van der Waals surface area contributed by atoms with Gasteiger partial charge in [-0.1, -0.05) is 50.2 Å². The van der Waals surface area contributed by atoms with Gasteiger partial charge >= 0.3 is 0 Å². The van der Waals surface area contributed by atoms with Crippen LogP contribution in [0.25, 0.3) is 10.9 Å². The van der Waals surface area contributed by atoms with Crippen molar-refractivity contribution in [3.05, 3.63) is 65.9 Å². The van der Waals surface area contributed by atoms with E-state index in [4.69, 9.17) is 0 Å². The van der Waals surface area contributed by atoms with E-state index in [9.17, 15) is 4.79 Å². The molecule has 0 saturated heterocycles. The van der Waals surface area contributed by atoms with E-state index >= 15 is 0 Å². The number of fused-ring (bicyclic) bond motifs is 1. The van der Waals surface area contributed by atoms with Gasteiger partial charge in [-0.15, -0.1) is 0 Å².